The van der Waals surface area contributed by atoms with Gasteiger partial charge in [0.15, 0.2) is 0 Å². The van der Waals surface area contributed by atoms with Gasteiger partial charge in [-0.2, -0.15) is 0 Å². The molecule has 0 saturated heterocycles. The first-order chi connectivity index (χ1) is 7.85. The lowest BCUT2D eigenvalue weighted by atomic mass is 9.75. The highest BCUT2D eigenvalue weighted by atomic mass is 16.6. The summed E-state index contributed by atoms with van der Waals surface area (Å²) in [7, 11) is 0. The van der Waals surface area contributed by atoms with Crippen LogP contribution in [0.1, 0.15) is 75.2 Å². The van der Waals surface area contributed by atoms with E-state index in [9.17, 15) is 4.79 Å². The molecule has 0 aliphatic rings. The number of rotatable bonds is 5. The Hall–Kier alpha value is -0.530. The van der Waals surface area contributed by atoms with Crippen molar-refractivity contribution in [1.29, 1.82) is 0 Å². The molecular formula is C16H32O2. The number of hydrogen-bond donors (Lipinski definition) is 0. The third kappa shape index (κ3) is 4.29. The van der Waals surface area contributed by atoms with Crippen molar-refractivity contribution in [1.82, 2.24) is 0 Å². The predicted molar refractivity (Wildman–Crippen MR) is 77.5 cm³/mol. The maximum absolute atomic E-state index is 12.4. The normalized spacial score (nSPS) is 16.6. The number of carbonyl (C=O) groups is 1. The monoisotopic (exact) mass is 256 g/mol. The zero-order chi connectivity index (χ0) is 14.8. The van der Waals surface area contributed by atoms with E-state index in [1.807, 2.05) is 20.8 Å². The van der Waals surface area contributed by atoms with E-state index >= 15 is 0 Å². The molecular weight excluding hydrogens is 224 g/mol. The first-order valence-electron chi connectivity index (χ1n) is 7.09. The zero-order valence-corrected chi connectivity index (χ0v) is 13.8. The Morgan fingerprint density at radius 1 is 1.06 bits per heavy atom. The highest BCUT2D eigenvalue weighted by molar-refractivity contribution is 5.76. The van der Waals surface area contributed by atoms with Crippen molar-refractivity contribution < 1.29 is 9.53 Å². The Morgan fingerprint density at radius 2 is 1.50 bits per heavy atom. The Bertz CT molecular complexity index is 284. The largest absolute Gasteiger partial charge is 0.458 e. The second-order valence-corrected chi connectivity index (χ2v) is 7.71. The van der Waals surface area contributed by atoms with Crippen LogP contribution in [0.4, 0.5) is 0 Å². The maximum Gasteiger partial charge on any atom is 0.312 e. The van der Waals surface area contributed by atoms with Crippen molar-refractivity contribution in [2.75, 3.05) is 0 Å². The summed E-state index contributed by atoms with van der Waals surface area (Å²) >= 11 is 0. The van der Waals surface area contributed by atoms with Crippen LogP contribution in [-0.4, -0.2) is 11.6 Å². The molecule has 0 N–H and O–H groups in total. The SMILES string of the molecule is CCC(C)(OC(=O)C(C)(C)CC(C)C)C(C)(C)C. The van der Waals surface area contributed by atoms with Crippen LogP contribution in [0, 0.1) is 16.7 Å². The molecule has 0 aromatic rings. The molecule has 2 heteroatoms. The van der Waals surface area contributed by atoms with E-state index in [1.165, 1.54) is 0 Å². The third-order valence-corrected chi connectivity index (χ3v) is 4.05. The van der Waals surface area contributed by atoms with E-state index in [0.29, 0.717) is 5.92 Å². The molecule has 0 heterocycles. The summed E-state index contributed by atoms with van der Waals surface area (Å²) in [4.78, 5) is 12.4. The summed E-state index contributed by atoms with van der Waals surface area (Å²) < 4.78 is 5.88. The van der Waals surface area contributed by atoms with Crippen LogP contribution in [0.15, 0.2) is 0 Å². The van der Waals surface area contributed by atoms with Gasteiger partial charge >= 0.3 is 5.97 Å². The van der Waals surface area contributed by atoms with E-state index in [1.54, 1.807) is 0 Å². The molecule has 0 aromatic carbocycles. The molecule has 0 aliphatic carbocycles. The van der Waals surface area contributed by atoms with Gasteiger partial charge < -0.3 is 4.74 Å². The average Bonchev–Trinajstić information content (AvgIpc) is 2.13. The van der Waals surface area contributed by atoms with Gasteiger partial charge in [0.05, 0.1) is 5.41 Å². The van der Waals surface area contributed by atoms with Crippen LogP contribution < -0.4 is 0 Å². The van der Waals surface area contributed by atoms with Crippen LogP contribution in [0.2, 0.25) is 0 Å². The summed E-state index contributed by atoms with van der Waals surface area (Å²) in [6, 6.07) is 0. The smallest absolute Gasteiger partial charge is 0.312 e. The lowest BCUT2D eigenvalue weighted by molar-refractivity contribution is -0.182. The van der Waals surface area contributed by atoms with Gasteiger partial charge in [-0.05, 0) is 39.5 Å². The molecule has 18 heavy (non-hydrogen) atoms. The second kappa shape index (κ2) is 5.63. The molecule has 0 saturated carbocycles. The fourth-order valence-electron chi connectivity index (χ4n) is 2.20. The van der Waals surface area contributed by atoms with Gasteiger partial charge in [-0.3, -0.25) is 4.79 Å². The number of hydrogen-bond acceptors (Lipinski definition) is 2. The number of ether oxygens (including phenoxy) is 1. The summed E-state index contributed by atoms with van der Waals surface area (Å²) in [5, 5.41) is 0. The standard InChI is InChI=1S/C16H32O2/c1-10-16(9,14(4,5)6)18-13(17)15(7,8)11-12(2)3/h12H,10-11H2,1-9H3. The van der Waals surface area contributed by atoms with Crippen molar-refractivity contribution in [3.05, 3.63) is 0 Å². The minimum atomic E-state index is -0.407. The summed E-state index contributed by atoms with van der Waals surface area (Å²) in [5.74, 6) is 0.422. The minimum Gasteiger partial charge on any atom is -0.458 e. The molecule has 1 atom stereocenters. The maximum atomic E-state index is 12.4. The first kappa shape index (κ1) is 17.5. The number of esters is 1. The molecule has 0 bridgehead atoms. The molecule has 0 aliphatic heterocycles. The molecule has 2 nitrogen and oxygen atoms in total. The Morgan fingerprint density at radius 3 is 1.78 bits per heavy atom. The summed E-state index contributed by atoms with van der Waals surface area (Å²) in [5.41, 5.74) is -0.862. The van der Waals surface area contributed by atoms with Crippen molar-refractivity contribution >= 4 is 5.97 Å². The van der Waals surface area contributed by atoms with Crippen LogP contribution in [-0.2, 0) is 9.53 Å². The Kier molecular flexibility index (Phi) is 5.46. The topological polar surface area (TPSA) is 26.3 Å². The third-order valence-electron chi connectivity index (χ3n) is 4.05. The Balaban J connectivity index is 4.93. The predicted octanol–water partition coefficient (Wildman–Crippen LogP) is 4.82. The lowest BCUT2D eigenvalue weighted by Gasteiger charge is -2.42. The minimum absolute atomic E-state index is 0.0503. The van der Waals surface area contributed by atoms with E-state index in [2.05, 4.69) is 41.5 Å². The van der Waals surface area contributed by atoms with Crippen LogP contribution in [0.5, 0.6) is 0 Å². The van der Waals surface area contributed by atoms with Gasteiger partial charge in [-0.25, -0.2) is 0 Å². The van der Waals surface area contributed by atoms with E-state index in [0.717, 1.165) is 12.8 Å². The molecule has 108 valence electrons. The fraction of sp³-hybridized carbons (Fsp3) is 0.938. The highest BCUT2D eigenvalue weighted by Crippen LogP contribution is 2.39. The van der Waals surface area contributed by atoms with Crippen LogP contribution >= 0.6 is 0 Å². The quantitative estimate of drug-likeness (QED) is 0.659. The molecule has 0 rings (SSSR count). The molecule has 0 spiro atoms. The first-order valence-corrected chi connectivity index (χ1v) is 7.09. The van der Waals surface area contributed by atoms with Gasteiger partial charge in [0, 0.05) is 5.41 Å². The Labute approximate surface area is 113 Å². The van der Waals surface area contributed by atoms with Gasteiger partial charge in [-0.1, -0.05) is 41.5 Å². The molecule has 0 aromatic heterocycles. The lowest BCUT2D eigenvalue weighted by Crippen LogP contribution is -2.46. The van der Waals surface area contributed by atoms with Gasteiger partial charge in [-0.15, -0.1) is 0 Å². The molecule has 1 unspecified atom stereocenters. The summed E-state index contributed by atoms with van der Waals surface area (Å²) in [6.07, 6.45) is 1.69. The van der Waals surface area contributed by atoms with Gasteiger partial charge in [0.1, 0.15) is 5.60 Å². The zero-order valence-electron chi connectivity index (χ0n) is 13.8. The van der Waals surface area contributed by atoms with Crippen LogP contribution in [0.3, 0.4) is 0 Å². The average molecular weight is 256 g/mol. The molecule has 0 amide bonds. The van der Waals surface area contributed by atoms with Crippen molar-refractivity contribution in [2.45, 2.75) is 80.8 Å². The molecule has 0 fully saturated rings. The van der Waals surface area contributed by atoms with Gasteiger partial charge in [0.25, 0.3) is 0 Å². The highest BCUT2D eigenvalue weighted by Gasteiger charge is 2.42. The second-order valence-electron chi connectivity index (χ2n) is 7.71. The van der Waals surface area contributed by atoms with Crippen molar-refractivity contribution in [3.63, 3.8) is 0 Å². The van der Waals surface area contributed by atoms with Crippen LogP contribution in [0.25, 0.3) is 0 Å². The summed E-state index contributed by atoms with van der Waals surface area (Å²) in [6.45, 7) is 18.7. The number of carbonyl (C=O) groups excluding carboxylic acids is 1. The van der Waals surface area contributed by atoms with Crippen molar-refractivity contribution in [3.8, 4) is 0 Å². The fourth-order valence-corrected chi connectivity index (χ4v) is 2.20. The van der Waals surface area contributed by atoms with E-state index in [-0.39, 0.29) is 11.4 Å². The van der Waals surface area contributed by atoms with E-state index in [4.69, 9.17) is 4.74 Å². The van der Waals surface area contributed by atoms with Gasteiger partial charge in [0.2, 0.25) is 0 Å². The van der Waals surface area contributed by atoms with E-state index < -0.39 is 11.0 Å². The molecule has 0 radical (unpaired) electrons. The van der Waals surface area contributed by atoms with Crippen molar-refractivity contribution in [2.24, 2.45) is 16.7 Å².